The molecule has 1 saturated heterocycles. The van der Waals surface area contributed by atoms with Crippen molar-refractivity contribution < 1.29 is 13.7 Å². The molecule has 1 aliphatic heterocycles. The molecule has 1 aliphatic carbocycles. The maximum Gasteiger partial charge on any atom is 0.327 e. The molecule has 1 atom stereocenters. The van der Waals surface area contributed by atoms with Crippen molar-refractivity contribution in [3.63, 3.8) is 0 Å². The number of hydrogen-bond donors (Lipinski definition) is 1. The fourth-order valence-corrected chi connectivity index (χ4v) is 3.48. The average molecular weight is 274 g/mol. The molecule has 1 unspecified atom stereocenters. The molecule has 5 nitrogen and oxygen atoms in total. The summed E-state index contributed by atoms with van der Waals surface area (Å²) in [5, 5.41) is 3.38. The fraction of sp³-hybridized carbons (Fsp3) is 0.917. The first kappa shape index (κ1) is 14.0. The van der Waals surface area contributed by atoms with Crippen LogP contribution in [0.2, 0.25) is 0 Å². The number of carbonyl (C=O) groups excluding carboxylic acids is 1. The molecule has 2 rings (SSSR count). The van der Waals surface area contributed by atoms with E-state index in [4.69, 9.17) is 4.74 Å². The molecule has 1 saturated carbocycles. The number of ether oxygens (including phenoxy) is 1. The van der Waals surface area contributed by atoms with Gasteiger partial charge in [0.25, 0.3) is 0 Å². The van der Waals surface area contributed by atoms with Crippen molar-refractivity contribution in [2.45, 2.75) is 31.3 Å². The highest BCUT2D eigenvalue weighted by Crippen LogP contribution is 2.24. The third kappa shape index (κ3) is 3.52. The summed E-state index contributed by atoms with van der Waals surface area (Å²) in [5.41, 5.74) is -0.644. The summed E-state index contributed by atoms with van der Waals surface area (Å²) in [4.78, 5) is 14.2. The highest BCUT2D eigenvalue weighted by atomic mass is 32.2. The molecular weight excluding hydrogens is 252 g/mol. The van der Waals surface area contributed by atoms with Crippen molar-refractivity contribution in [3.05, 3.63) is 0 Å². The minimum atomic E-state index is -0.678. The Morgan fingerprint density at radius 1 is 1.44 bits per heavy atom. The lowest BCUT2D eigenvalue weighted by atomic mass is 10.0. The van der Waals surface area contributed by atoms with Gasteiger partial charge in [0.2, 0.25) is 0 Å². The fourth-order valence-electron chi connectivity index (χ4n) is 2.35. The van der Waals surface area contributed by atoms with Crippen LogP contribution in [0, 0.1) is 0 Å². The largest absolute Gasteiger partial charge is 0.468 e. The first-order chi connectivity index (χ1) is 8.53. The van der Waals surface area contributed by atoms with Gasteiger partial charge in [-0.05, 0) is 19.8 Å². The molecule has 6 heteroatoms. The Labute approximate surface area is 111 Å². The first-order valence-electron chi connectivity index (χ1n) is 6.47. The van der Waals surface area contributed by atoms with Crippen molar-refractivity contribution in [3.8, 4) is 0 Å². The average Bonchev–Trinajstić information content (AvgIpc) is 3.14. The number of carbonyl (C=O) groups is 1. The van der Waals surface area contributed by atoms with Crippen molar-refractivity contribution in [2.24, 2.45) is 0 Å². The Morgan fingerprint density at radius 3 is 2.56 bits per heavy atom. The molecule has 0 aromatic carbocycles. The SMILES string of the molecule is COC(=O)C(C)(CN1CCS(=O)CC1)NC1CC1. The van der Waals surface area contributed by atoms with Crippen LogP contribution in [0.25, 0.3) is 0 Å². The zero-order chi connectivity index (χ0) is 13.2. The monoisotopic (exact) mass is 274 g/mol. The molecule has 1 N–H and O–H groups in total. The second kappa shape index (κ2) is 5.67. The van der Waals surface area contributed by atoms with E-state index in [1.807, 2.05) is 6.92 Å². The first-order valence-corrected chi connectivity index (χ1v) is 7.96. The molecule has 0 amide bonds. The lowest BCUT2D eigenvalue weighted by Gasteiger charge is -2.35. The van der Waals surface area contributed by atoms with Gasteiger partial charge in [-0.1, -0.05) is 0 Å². The molecule has 0 aromatic heterocycles. The Balaban J connectivity index is 1.95. The number of hydrogen-bond acceptors (Lipinski definition) is 5. The van der Waals surface area contributed by atoms with Gasteiger partial charge < -0.3 is 4.74 Å². The number of esters is 1. The summed E-state index contributed by atoms with van der Waals surface area (Å²) in [6.07, 6.45) is 2.27. The Hall–Kier alpha value is -0.460. The van der Waals surface area contributed by atoms with Crippen LogP contribution in [0.1, 0.15) is 19.8 Å². The summed E-state index contributed by atoms with van der Waals surface area (Å²) >= 11 is 0. The van der Waals surface area contributed by atoms with Gasteiger partial charge in [0.1, 0.15) is 5.54 Å². The van der Waals surface area contributed by atoms with Crippen molar-refractivity contribution in [1.82, 2.24) is 10.2 Å². The molecule has 18 heavy (non-hydrogen) atoms. The van der Waals surface area contributed by atoms with Crippen LogP contribution in [0.3, 0.4) is 0 Å². The zero-order valence-corrected chi connectivity index (χ0v) is 11.9. The van der Waals surface area contributed by atoms with Gasteiger partial charge in [-0.15, -0.1) is 0 Å². The Morgan fingerprint density at radius 2 is 2.06 bits per heavy atom. The smallest absolute Gasteiger partial charge is 0.327 e. The molecule has 0 radical (unpaired) electrons. The molecule has 104 valence electrons. The van der Waals surface area contributed by atoms with E-state index in [9.17, 15) is 9.00 Å². The summed E-state index contributed by atoms with van der Waals surface area (Å²) in [7, 11) is 0.753. The molecule has 0 aromatic rings. The van der Waals surface area contributed by atoms with E-state index in [1.165, 1.54) is 7.11 Å². The highest BCUT2D eigenvalue weighted by molar-refractivity contribution is 7.85. The third-order valence-corrected chi connectivity index (χ3v) is 4.82. The summed E-state index contributed by atoms with van der Waals surface area (Å²) in [6.45, 7) is 4.13. The zero-order valence-electron chi connectivity index (χ0n) is 11.1. The quantitative estimate of drug-likeness (QED) is 0.700. The van der Waals surface area contributed by atoms with E-state index in [-0.39, 0.29) is 5.97 Å². The van der Waals surface area contributed by atoms with Crippen LogP contribution in [0.5, 0.6) is 0 Å². The normalized spacial score (nSPS) is 25.7. The van der Waals surface area contributed by atoms with Crippen LogP contribution in [-0.4, -0.2) is 64.9 Å². The number of methoxy groups -OCH3 is 1. The van der Waals surface area contributed by atoms with Gasteiger partial charge in [-0.2, -0.15) is 0 Å². The van der Waals surface area contributed by atoms with Crippen molar-refractivity contribution in [2.75, 3.05) is 38.2 Å². The van der Waals surface area contributed by atoms with E-state index in [2.05, 4.69) is 10.2 Å². The van der Waals surface area contributed by atoms with Gasteiger partial charge in [-0.3, -0.25) is 19.2 Å². The summed E-state index contributed by atoms with van der Waals surface area (Å²) in [6, 6.07) is 0.452. The van der Waals surface area contributed by atoms with Crippen LogP contribution in [-0.2, 0) is 20.3 Å². The molecular formula is C12H22N2O3S. The van der Waals surface area contributed by atoms with Crippen LogP contribution in [0.4, 0.5) is 0 Å². The van der Waals surface area contributed by atoms with Crippen LogP contribution < -0.4 is 5.32 Å². The van der Waals surface area contributed by atoms with Gasteiger partial charge in [-0.25, -0.2) is 0 Å². The summed E-state index contributed by atoms with van der Waals surface area (Å²) < 4.78 is 16.2. The van der Waals surface area contributed by atoms with Gasteiger partial charge in [0.15, 0.2) is 0 Å². The van der Waals surface area contributed by atoms with E-state index in [1.54, 1.807) is 0 Å². The highest BCUT2D eigenvalue weighted by Gasteiger charge is 2.41. The predicted molar refractivity (Wildman–Crippen MR) is 70.9 cm³/mol. The number of rotatable bonds is 5. The minimum absolute atomic E-state index is 0.207. The predicted octanol–water partition coefficient (Wildman–Crippen LogP) is -0.266. The van der Waals surface area contributed by atoms with Crippen molar-refractivity contribution in [1.29, 1.82) is 0 Å². The molecule has 0 spiro atoms. The summed E-state index contributed by atoms with van der Waals surface area (Å²) in [5.74, 6) is 1.21. The minimum Gasteiger partial charge on any atom is -0.468 e. The lowest BCUT2D eigenvalue weighted by Crippen LogP contribution is -2.59. The second-order valence-electron chi connectivity index (χ2n) is 5.37. The Kier molecular flexibility index (Phi) is 4.40. The number of nitrogens with zero attached hydrogens (tertiary/aromatic N) is 1. The Bertz CT molecular complexity index is 336. The number of nitrogens with one attached hydrogen (secondary N) is 1. The van der Waals surface area contributed by atoms with E-state index >= 15 is 0 Å². The van der Waals surface area contributed by atoms with E-state index in [0.717, 1.165) is 25.9 Å². The third-order valence-electron chi connectivity index (χ3n) is 3.55. The maximum atomic E-state index is 12.0. The lowest BCUT2D eigenvalue weighted by molar-refractivity contribution is -0.148. The molecule has 1 heterocycles. The van der Waals surface area contributed by atoms with Crippen LogP contribution >= 0.6 is 0 Å². The van der Waals surface area contributed by atoms with Gasteiger partial charge in [0.05, 0.1) is 7.11 Å². The molecule has 0 bridgehead atoms. The van der Waals surface area contributed by atoms with E-state index in [0.29, 0.717) is 24.1 Å². The van der Waals surface area contributed by atoms with Gasteiger partial charge >= 0.3 is 5.97 Å². The van der Waals surface area contributed by atoms with E-state index < -0.39 is 16.3 Å². The van der Waals surface area contributed by atoms with Gasteiger partial charge in [0, 0.05) is 48.0 Å². The standard InChI is InChI=1S/C12H22N2O3S/c1-12(11(15)17-2,13-10-3-4-10)9-14-5-7-18(16)8-6-14/h10,13H,3-9H2,1-2H3. The second-order valence-corrected chi connectivity index (χ2v) is 7.06. The topological polar surface area (TPSA) is 58.6 Å². The van der Waals surface area contributed by atoms with Crippen LogP contribution in [0.15, 0.2) is 0 Å². The molecule has 2 fully saturated rings. The molecule has 2 aliphatic rings. The van der Waals surface area contributed by atoms with Crippen molar-refractivity contribution >= 4 is 16.8 Å². The maximum absolute atomic E-state index is 12.0.